The van der Waals surface area contributed by atoms with Gasteiger partial charge in [-0.25, -0.2) is 0 Å². The van der Waals surface area contributed by atoms with Gasteiger partial charge in [-0.05, 0) is 31.2 Å². The molecule has 1 unspecified atom stereocenters. The highest BCUT2D eigenvalue weighted by molar-refractivity contribution is 7.12. The molecule has 1 aromatic carbocycles. The molecule has 0 spiro atoms. The molecule has 0 aliphatic carbocycles. The van der Waals surface area contributed by atoms with E-state index in [1.807, 2.05) is 36.4 Å². The smallest absolute Gasteiger partial charge is 0.267 e. The Morgan fingerprint density at radius 2 is 2.14 bits per heavy atom. The molecular weight excluding hydrogens is 296 g/mol. The summed E-state index contributed by atoms with van der Waals surface area (Å²) in [5, 5.41) is 3.96. The predicted octanol–water partition coefficient (Wildman–Crippen LogP) is 3.66. The van der Waals surface area contributed by atoms with E-state index in [1.165, 1.54) is 4.88 Å². The highest BCUT2D eigenvalue weighted by atomic mass is 32.1. The highest BCUT2D eigenvalue weighted by Gasteiger charge is 2.15. The molecule has 22 heavy (non-hydrogen) atoms. The van der Waals surface area contributed by atoms with Crippen LogP contribution >= 0.6 is 11.3 Å². The van der Waals surface area contributed by atoms with Gasteiger partial charge >= 0.3 is 0 Å². The number of aromatic nitrogens is 1. The maximum atomic E-state index is 12.3. The van der Waals surface area contributed by atoms with Crippen LogP contribution in [0.25, 0.3) is 10.9 Å². The number of para-hydroxylation sites is 1. The Morgan fingerprint density at radius 3 is 2.82 bits per heavy atom. The first-order valence-electron chi connectivity index (χ1n) is 7.12. The average Bonchev–Trinajstić information content (AvgIpc) is 3.14. The lowest BCUT2D eigenvalue weighted by atomic mass is 10.2. The Labute approximate surface area is 133 Å². The quantitative estimate of drug-likeness (QED) is 0.755. The van der Waals surface area contributed by atoms with Crippen LogP contribution in [0.2, 0.25) is 0 Å². The fourth-order valence-corrected chi connectivity index (χ4v) is 3.36. The van der Waals surface area contributed by atoms with Crippen molar-refractivity contribution in [2.45, 2.75) is 13.0 Å². The van der Waals surface area contributed by atoms with E-state index in [0.29, 0.717) is 12.2 Å². The zero-order valence-corrected chi connectivity index (χ0v) is 13.4. The maximum Gasteiger partial charge on any atom is 0.267 e. The molecule has 3 aromatic rings. The van der Waals surface area contributed by atoms with Gasteiger partial charge in [-0.15, -0.1) is 11.3 Å². The minimum absolute atomic E-state index is 0.118. The van der Waals surface area contributed by atoms with E-state index in [0.717, 1.165) is 15.8 Å². The maximum absolute atomic E-state index is 12.3. The second kappa shape index (κ2) is 6.34. The first-order chi connectivity index (χ1) is 10.7. The van der Waals surface area contributed by atoms with Crippen LogP contribution in [0.1, 0.15) is 26.3 Å². The van der Waals surface area contributed by atoms with Gasteiger partial charge in [0.15, 0.2) is 0 Å². The molecule has 0 aliphatic rings. The van der Waals surface area contributed by atoms with Crippen LogP contribution in [0, 0.1) is 6.92 Å². The number of benzene rings is 1. The number of ether oxygens (including phenoxy) is 1. The van der Waals surface area contributed by atoms with E-state index in [-0.39, 0.29) is 12.0 Å². The van der Waals surface area contributed by atoms with E-state index < -0.39 is 0 Å². The van der Waals surface area contributed by atoms with Crippen molar-refractivity contribution < 1.29 is 9.53 Å². The summed E-state index contributed by atoms with van der Waals surface area (Å²) < 4.78 is 5.48. The zero-order chi connectivity index (χ0) is 15.5. The Bertz CT molecular complexity index is 758. The fraction of sp³-hybridized carbons (Fsp3) is 0.235. The lowest BCUT2D eigenvalue weighted by molar-refractivity contribution is 0.0834. The molecule has 1 atom stereocenters. The number of aryl methyl sites for hydroxylation is 1. The summed E-state index contributed by atoms with van der Waals surface area (Å²) in [6.45, 7) is 2.51. The van der Waals surface area contributed by atoms with Gasteiger partial charge in [-0.3, -0.25) is 4.79 Å². The SMILES string of the molecule is COC(CNC(=O)c1cc2ccccc2[nH]1)c1ccc(C)s1. The largest absolute Gasteiger partial charge is 0.374 e. The summed E-state index contributed by atoms with van der Waals surface area (Å²) in [6, 6.07) is 13.8. The Balaban J connectivity index is 1.68. The van der Waals surface area contributed by atoms with Crippen molar-refractivity contribution in [3.05, 3.63) is 57.9 Å². The average molecular weight is 314 g/mol. The van der Waals surface area contributed by atoms with Crippen molar-refractivity contribution in [2.24, 2.45) is 0 Å². The molecule has 0 fully saturated rings. The third-order valence-electron chi connectivity index (χ3n) is 3.59. The predicted molar refractivity (Wildman–Crippen MR) is 89.4 cm³/mol. The molecule has 0 aliphatic heterocycles. The normalized spacial score (nSPS) is 12.5. The number of amides is 1. The van der Waals surface area contributed by atoms with Gasteiger partial charge in [0, 0.05) is 34.3 Å². The van der Waals surface area contributed by atoms with Crippen LogP contribution in [-0.2, 0) is 4.74 Å². The standard InChI is InChI=1S/C17H18N2O2S/c1-11-7-8-16(22-11)15(21-2)10-18-17(20)14-9-12-5-3-4-6-13(12)19-14/h3-9,15,19H,10H2,1-2H3,(H,18,20). The third kappa shape index (κ3) is 3.05. The van der Waals surface area contributed by atoms with E-state index in [2.05, 4.69) is 23.3 Å². The van der Waals surface area contributed by atoms with E-state index in [1.54, 1.807) is 18.4 Å². The van der Waals surface area contributed by atoms with Gasteiger partial charge in [0.2, 0.25) is 0 Å². The number of hydrogen-bond donors (Lipinski definition) is 2. The van der Waals surface area contributed by atoms with Crippen molar-refractivity contribution in [3.8, 4) is 0 Å². The molecule has 1 amide bonds. The summed E-state index contributed by atoms with van der Waals surface area (Å²) in [5.74, 6) is -0.119. The number of aromatic amines is 1. The van der Waals surface area contributed by atoms with E-state index in [9.17, 15) is 4.79 Å². The lowest BCUT2D eigenvalue weighted by Gasteiger charge is -2.14. The van der Waals surface area contributed by atoms with Gasteiger partial charge in [-0.1, -0.05) is 18.2 Å². The van der Waals surface area contributed by atoms with Crippen LogP contribution in [0.15, 0.2) is 42.5 Å². The molecular formula is C17H18N2O2S. The Kier molecular flexibility index (Phi) is 4.27. The number of H-pyrrole nitrogens is 1. The number of rotatable bonds is 5. The second-order valence-corrected chi connectivity index (χ2v) is 6.47. The van der Waals surface area contributed by atoms with Gasteiger partial charge in [0.05, 0.1) is 0 Å². The van der Waals surface area contributed by atoms with Gasteiger partial charge in [-0.2, -0.15) is 0 Å². The fourth-order valence-electron chi connectivity index (χ4n) is 2.40. The molecule has 4 nitrogen and oxygen atoms in total. The number of carbonyl (C=O) groups is 1. The second-order valence-electron chi connectivity index (χ2n) is 5.15. The number of nitrogens with one attached hydrogen (secondary N) is 2. The van der Waals surface area contributed by atoms with Gasteiger partial charge in [0.25, 0.3) is 5.91 Å². The first kappa shape index (κ1) is 14.8. The van der Waals surface area contributed by atoms with Crippen LogP contribution in [0.5, 0.6) is 0 Å². The summed E-state index contributed by atoms with van der Waals surface area (Å²) >= 11 is 1.69. The number of methoxy groups -OCH3 is 1. The minimum atomic E-state index is -0.119. The Morgan fingerprint density at radius 1 is 1.32 bits per heavy atom. The third-order valence-corrected chi connectivity index (χ3v) is 4.68. The molecule has 5 heteroatoms. The van der Waals surface area contributed by atoms with Gasteiger partial charge < -0.3 is 15.0 Å². The van der Waals surface area contributed by atoms with Crippen LogP contribution in [-0.4, -0.2) is 24.5 Å². The molecule has 114 valence electrons. The van der Waals surface area contributed by atoms with Crippen LogP contribution in [0.3, 0.4) is 0 Å². The van der Waals surface area contributed by atoms with Crippen molar-refractivity contribution in [2.75, 3.05) is 13.7 Å². The van der Waals surface area contributed by atoms with E-state index >= 15 is 0 Å². The molecule has 0 bridgehead atoms. The lowest BCUT2D eigenvalue weighted by Crippen LogP contribution is -2.29. The van der Waals surface area contributed by atoms with Crippen molar-refractivity contribution >= 4 is 28.1 Å². The van der Waals surface area contributed by atoms with Crippen molar-refractivity contribution in [3.63, 3.8) is 0 Å². The highest BCUT2D eigenvalue weighted by Crippen LogP contribution is 2.24. The monoisotopic (exact) mass is 314 g/mol. The molecule has 0 saturated heterocycles. The number of hydrogen-bond acceptors (Lipinski definition) is 3. The number of fused-ring (bicyclic) bond motifs is 1. The first-order valence-corrected chi connectivity index (χ1v) is 7.94. The summed E-state index contributed by atoms with van der Waals surface area (Å²) in [6.07, 6.45) is -0.118. The van der Waals surface area contributed by atoms with Gasteiger partial charge in [0.1, 0.15) is 11.8 Å². The van der Waals surface area contributed by atoms with Crippen LogP contribution < -0.4 is 5.32 Å². The molecule has 2 N–H and O–H groups in total. The van der Waals surface area contributed by atoms with Crippen LogP contribution in [0.4, 0.5) is 0 Å². The number of carbonyl (C=O) groups excluding carboxylic acids is 1. The van der Waals surface area contributed by atoms with E-state index in [4.69, 9.17) is 4.74 Å². The van der Waals surface area contributed by atoms with Crippen molar-refractivity contribution in [1.29, 1.82) is 0 Å². The minimum Gasteiger partial charge on any atom is -0.374 e. The number of thiophene rings is 1. The molecule has 2 heterocycles. The summed E-state index contributed by atoms with van der Waals surface area (Å²) in [4.78, 5) is 17.8. The van der Waals surface area contributed by atoms with Crippen molar-refractivity contribution in [1.82, 2.24) is 10.3 Å². The molecule has 0 saturated carbocycles. The Hall–Kier alpha value is -2.11. The summed E-state index contributed by atoms with van der Waals surface area (Å²) in [5.41, 5.74) is 1.53. The molecule has 3 rings (SSSR count). The zero-order valence-electron chi connectivity index (χ0n) is 12.6. The molecule has 0 radical (unpaired) electrons. The summed E-state index contributed by atoms with van der Waals surface area (Å²) in [7, 11) is 1.66. The molecule has 2 aromatic heterocycles. The topological polar surface area (TPSA) is 54.1 Å².